The molecule has 84 valence electrons. The van der Waals surface area contributed by atoms with Crippen molar-refractivity contribution in [2.45, 2.75) is 13.3 Å². The lowest BCUT2D eigenvalue weighted by Crippen LogP contribution is -2.15. The van der Waals surface area contributed by atoms with Crippen LogP contribution in [-0.4, -0.2) is 23.1 Å². The first-order valence-corrected chi connectivity index (χ1v) is 6.33. The highest BCUT2D eigenvalue weighted by molar-refractivity contribution is 7.09. The van der Waals surface area contributed by atoms with Crippen LogP contribution in [0.25, 0.3) is 11.3 Å². The number of hydrogen-bond donors (Lipinski definition) is 1. The van der Waals surface area contributed by atoms with Crippen molar-refractivity contribution in [1.29, 1.82) is 0 Å². The predicted octanol–water partition coefficient (Wildman–Crippen LogP) is 2.36. The Morgan fingerprint density at radius 2 is 2.12 bits per heavy atom. The van der Waals surface area contributed by atoms with Gasteiger partial charge in [-0.25, -0.2) is 4.98 Å². The van der Waals surface area contributed by atoms with Crippen molar-refractivity contribution < 1.29 is 0 Å². The van der Waals surface area contributed by atoms with Crippen LogP contribution in [0.15, 0.2) is 29.9 Å². The lowest BCUT2D eigenvalue weighted by Gasteiger charge is -1.97. The fourth-order valence-electron chi connectivity index (χ4n) is 1.45. The Morgan fingerprint density at radius 3 is 2.88 bits per heavy atom. The molecule has 0 amide bonds. The number of likely N-dealkylation sites (N-methyl/N-ethyl adjacent to an activating group) is 1. The molecular weight excluding hydrogens is 218 g/mol. The summed E-state index contributed by atoms with van der Waals surface area (Å²) in [6, 6.07) is 3.98. The molecule has 0 aliphatic carbocycles. The maximum atomic E-state index is 4.60. The molecule has 0 saturated heterocycles. The monoisotopic (exact) mass is 233 g/mol. The zero-order valence-corrected chi connectivity index (χ0v) is 10.1. The SMILES string of the molecule is CCNCCc1nc(-c2ccncc2)cs1. The van der Waals surface area contributed by atoms with E-state index in [9.17, 15) is 0 Å². The lowest BCUT2D eigenvalue weighted by atomic mass is 10.2. The average molecular weight is 233 g/mol. The van der Waals surface area contributed by atoms with Crippen molar-refractivity contribution in [3.8, 4) is 11.3 Å². The van der Waals surface area contributed by atoms with Crippen LogP contribution in [0.3, 0.4) is 0 Å². The summed E-state index contributed by atoms with van der Waals surface area (Å²) in [5.41, 5.74) is 2.19. The van der Waals surface area contributed by atoms with E-state index in [2.05, 4.69) is 27.6 Å². The van der Waals surface area contributed by atoms with Crippen molar-refractivity contribution in [3.05, 3.63) is 34.9 Å². The third-order valence-corrected chi connectivity index (χ3v) is 3.20. The molecule has 0 radical (unpaired) electrons. The van der Waals surface area contributed by atoms with Crippen molar-refractivity contribution in [3.63, 3.8) is 0 Å². The highest BCUT2D eigenvalue weighted by Crippen LogP contribution is 2.20. The molecule has 0 aromatic carbocycles. The molecule has 3 nitrogen and oxygen atoms in total. The molecule has 0 saturated carbocycles. The minimum Gasteiger partial charge on any atom is -0.317 e. The van der Waals surface area contributed by atoms with E-state index >= 15 is 0 Å². The minimum absolute atomic E-state index is 1.000. The molecular formula is C12H15N3S. The van der Waals surface area contributed by atoms with Gasteiger partial charge in [-0.2, -0.15) is 0 Å². The zero-order valence-electron chi connectivity index (χ0n) is 9.31. The summed E-state index contributed by atoms with van der Waals surface area (Å²) in [6.45, 7) is 4.13. The molecule has 4 heteroatoms. The van der Waals surface area contributed by atoms with Gasteiger partial charge >= 0.3 is 0 Å². The van der Waals surface area contributed by atoms with Crippen LogP contribution in [0, 0.1) is 0 Å². The molecule has 16 heavy (non-hydrogen) atoms. The Hall–Kier alpha value is -1.26. The third-order valence-electron chi connectivity index (χ3n) is 2.29. The second-order valence-electron chi connectivity index (χ2n) is 3.47. The molecule has 0 unspecified atom stereocenters. The average Bonchev–Trinajstić information content (AvgIpc) is 2.79. The Bertz CT molecular complexity index is 425. The van der Waals surface area contributed by atoms with Crippen LogP contribution < -0.4 is 5.32 Å². The Balaban J connectivity index is 2.02. The van der Waals surface area contributed by atoms with Gasteiger partial charge in [-0.3, -0.25) is 4.98 Å². The molecule has 0 spiro atoms. The van der Waals surface area contributed by atoms with Crippen LogP contribution in [0.4, 0.5) is 0 Å². The van der Waals surface area contributed by atoms with E-state index in [4.69, 9.17) is 0 Å². The molecule has 0 bridgehead atoms. The lowest BCUT2D eigenvalue weighted by molar-refractivity contribution is 0.714. The molecule has 2 aromatic rings. The molecule has 0 aliphatic heterocycles. The predicted molar refractivity (Wildman–Crippen MR) is 67.6 cm³/mol. The molecule has 0 atom stereocenters. The van der Waals surface area contributed by atoms with E-state index < -0.39 is 0 Å². The number of hydrogen-bond acceptors (Lipinski definition) is 4. The number of nitrogens with one attached hydrogen (secondary N) is 1. The zero-order chi connectivity index (χ0) is 11.2. The first kappa shape index (κ1) is 11.2. The van der Waals surface area contributed by atoms with Crippen LogP contribution >= 0.6 is 11.3 Å². The molecule has 0 aliphatic rings. The van der Waals surface area contributed by atoms with Crippen molar-refractivity contribution in [2.24, 2.45) is 0 Å². The summed E-state index contributed by atoms with van der Waals surface area (Å²) >= 11 is 1.72. The Morgan fingerprint density at radius 1 is 1.31 bits per heavy atom. The minimum atomic E-state index is 1.000. The Labute approximate surface area is 99.6 Å². The van der Waals surface area contributed by atoms with Crippen LogP contribution in [-0.2, 0) is 6.42 Å². The normalized spacial score (nSPS) is 10.6. The number of aromatic nitrogens is 2. The van der Waals surface area contributed by atoms with E-state index in [-0.39, 0.29) is 0 Å². The summed E-state index contributed by atoms with van der Waals surface area (Å²) < 4.78 is 0. The van der Waals surface area contributed by atoms with Crippen molar-refractivity contribution >= 4 is 11.3 Å². The molecule has 2 aromatic heterocycles. The maximum absolute atomic E-state index is 4.60. The maximum Gasteiger partial charge on any atom is 0.0945 e. The smallest absolute Gasteiger partial charge is 0.0945 e. The van der Waals surface area contributed by atoms with Crippen molar-refractivity contribution in [2.75, 3.05) is 13.1 Å². The topological polar surface area (TPSA) is 37.8 Å². The fourth-order valence-corrected chi connectivity index (χ4v) is 2.26. The first-order chi connectivity index (χ1) is 7.90. The first-order valence-electron chi connectivity index (χ1n) is 5.45. The highest BCUT2D eigenvalue weighted by Gasteiger charge is 2.03. The highest BCUT2D eigenvalue weighted by atomic mass is 32.1. The summed E-state index contributed by atoms with van der Waals surface area (Å²) in [5, 5.41) is 6.60. The standard InChI is InChI=1S/C12H15N3S/c1-2-13-8-5-12-15-11(9-16-12)10-3-6-14-7-4-10/h3-4,6-7,9,13H,2,5,8H2,1H3. The Kier molecular flexibility index (Phi) is 4.02. The van der Waals surface area contributed by atoms with Gasteiger partial charge in [-0.15, -0.1) is 11.3 Å². The van der Waals surface area contributed by atoms with Gasteiger partial charge in [0.15, 0.2) is 0 Å². The molecule has 2 heterocycles. The number of nitrogens with zero attached hydrogens (tertiary/aromatic N) is 2. The summed E-state index contributed by atoms with van der Waals surface area (Å²) in [5.74, 6) is 0. The number of thiazole rings is 1. The van der Waals surface area contributed by atoms with Crippen molar-refractivity contribution in [1.82, 2.24) is 15.3 Å². The number of pyridine rings is 1. The molecule has 0 fully saturated rings. The summed E-state index contributed by atoms with van der Waals surface area (Å²) in [4.78, 5) is 8.61. The summed E-state index contributed by atoms with van der Waals surface area (Å²) in [6.07, 6.45) is 4.60. The largest absolute Gasteiger partial charge is 0.317 e. The van der Waals surface area contributed by atoms with Crippen LogP contribution in [0.2, 0.25) is 0 Å². The quantitative estimate of drug-likeness (QED) is 0.806. The van der Waals surface area contributed by atoms with Gasteiger partial charge in [-0.05, 0) is 18.7 Å². The third kappa shape index (κ3) is 2.87. The summed E-state index contributed by atoms with van der Waals surface area (Å²) in [7, 11) is 0. The van der Waals surface area contributed by atoms with E-state index in [1.165, 1.54) is 5.01 Å². The second kappa shape index (κ2) is 5.72. The van der Waals surface area contributed by atoms with Gasteiger partial charge in [0.1, 0.15) is 0 Å². The molecule has 1 N–H and O–H groups in total. The van der Waals surface area contributed by atoms with Crippen LogP contribution in [0.1, 0.15) is 11.9 Å². The van der Waals surface area contributed by atoms with E-state index in [1.807, 2.05) is 12.1 Å². The van der Waals surface area contributed by atoms with Gasteiger partial charge in [0.25, 0.3) is 0 Å². The second-order valence-corrected chi connectivity index (χ2v) is 4.41. The van der Waals surface area contributed by atoms with Gasteiger partial charge in [0.2, 0.25) is 0 Å². The van der Waals surface area contributed by atoms with E-state index in [0.717, 1.165) is 30.8 Å². The number of rotatable bonds is 5. The van der Waals surface area contributed by atoms with Gasteiger partial charge in [-0.1, -0.05) is 6.92 Å². The van der Waals surface area contributed by atoms with Gasteiger partial charge in [0.05, 0.1) is 10.7 Å². The van der Waals surface area contributed by atoms with Crippen LogP contribution in [0.5, 0.6) is 0 Å². The van der Waals surface area contributed by atoms with E-state index in [0.29, 0.717) is 0 Å². The van der Waals surface area contributed by atoms with Gasteiger partial charge in [0, 0.05) is 36.3 Å². The van der Waals surface area contributed by atoms with E-state index in [1.54, 1.807) is 23.7 Å². The fraction of sp³-hybridized carbons (Fsp3) is 0.333. The molecule has 2 rings (SSSR count). The van der Waals surface area contributed by atoms with Gasteiger partial charge < -0.3 is 5.32 Å².